The molecule has 0 fully saturated rings. The second-order valence-electron chi connectivity index (χ2n) is 15.2. The van der Waals surface area contributed by atoms with E-state index in [0.29, 0.717) is 11.8 Å². The smallest absolute Gasteiger partial charge is 0.136 e. The van der Waals surface area contributed by atoms with E-state index in [1.54, 1.807) is 0 Å². The molecule has 1 aromatic heterocycles. The highest BCUT2D eigenvalue weighted by atomic mass is 16.5. The van der Waals surface area contributed by atoms with Gasteiger partial charge in [-0.15, -0.1) is 0 Å². The van der Waals surface area contributed by atoms with E-state index in [9.17, 15) is 0 Å². The molecule has 0 saturated heterocycles. The number of rotatable bonds is 6. The third-order valence-electron chi connectivity index (χ3n) is 12.0. The second-order valence-corrected chi connectivity index (χ2v) is 15.2. The number of ether oxygens (including phenoxy) is 1. The lowest BCUT2D eigenvalue weighted by Crippen LogP contribution is -2.28. The fourth-order valence-corrected chi connectivity index (χ4v) is 9.31. The average Bonchev–Trinajstić information content (AvgIpc) is 3.81. The van der Waals surface area contributed by atoms with Gasteiger partial charge in [-0.05, 0) is 82.1 Å². The summed E-state index contributed by atoms with van der Waals surface area (Å²) in [5.74, 6) is 2.44. The van der Waals surface area contributed by atoms with Crippen LogP contribution in [-0.2, 0) is 0 Å². The van der Waals surface area contributed by atoms with Gasteiger partial charge in [0.1, 0.15) is 23.2 Å². The van der Waals surface area contributed by atoms with Crippen LogP contribution in [-0.4, -0.2) is 6.10 Å². The predicted octanol–water partition coefficient (Wildman–Crippen LogP) is 14.0. The van der Waals surface area contributed by atoms with Crippen molar-refractivity contribution in [1.29, 1.82) is 0 Å². The number of anilines is 3. The van der Waals surface area contributed by atoms with E-state index in [2.05, 4.69) is 206 Å². The van der Waals surface area contributed by atoms with Gasteiger partial charge < -0.3 is 14.1 Å². The minimum Gasteiger partial charge on any atom is -0.484 e. The van der Waals surface area contributed by atoms with Gasteiger partial charge >= 0.3 is 0 Å². The summed E-state index contributed by atoms with van der Waals surface area (Å²) in [6, 6.07) is 60.6. The lowest BCUT2D eigenvalue weighted by Gasteiger charge is -2.32. The summed E-state index contributed by atoms with van der Waals surface area (Å²) >= 11 is 0. The highest BCUT2D eigenvalue weighted by Crippen LogP contribution is 2.55. The molecule has 0 radical (unpaired) electrons. The van der Waals surface area contributed by atoms with Crippen LogP contribution in [0, 0.1) is 5.92 Å². The van der Waals surface area contributed by atoms with Crippen LogP contribution in [0.25, 0.3) is 44.5 Å². The summed E-state index contributed by atoms with van der Waals surface area (Å²) < 4.78 is 13.7. The molecule has 3 heteroatoms. The van der Waals surface area contributed by atoms with Crippen LogP contribution in [0.4, 0.5) is 17.1 Å². The van der Waals surface area contributed by atoms with Crippen LogP contribution in [0.15, 0.2) is 198 Å². The third-order valence-corrected chi connectivity index (χ3v) is 12.0. The molecule has 3 nitrogen and oxygen atoms in total. The van der Waals surface area contributed by atoms with E-state index >= 15 is 0 Å². The SMILES string of the molecule is CC1C=C(C2c3c(oc4ccccc34)C=C3c4cc(N(c5ccc(-c6ccccc6)cc5)c5cccc6ccccc56)ccc4OC32)C=CC1c1ccccc1. The summed E-state index contributed by atoms with van der Waals surface area (Å²) in [6.45, 7) is 2.33. The first-order chi connectivity index (χ1) is 27.7. The number of para-hydroxylation sites is 1. The van der Waals surface area contributed by atoms with Crippen molar-refractivity contribution in [1.82, 2.24) is 0 Å². The Bertz CT molecular complexity index is 2860. The first kappa shape index (κ1) is 32.6. The summed E-state index contributed by atoms with van der Waals surface area (Å²) in [7, 11) is 0. The number of nitrogens with zero attached hydrogens (tertiary/aromatic N) is 1. The third kappa shape index (κ3) is 5.34. The van der Waals surface area contributed by atoms with Gasteiger partial charge in [-0.25, -0.2) is 0 Å². The molecular formula is C53H39NO2. The number of allylic oxidation sites excluding steroid dienone is 3. The summed E-state index contributed by atoms with van der Waals surface area (Å²) in [4.78, 5) is 2.38. The maximum atomic E-state index is 7.08. The van der Waals surface area contributed by atoms with Crippen LogP contribution in [0.5, 0.6) is 5.75 Å². The molecule has 1 aliphatic heterocycles. The zero-order valence-electron chi connectivity index (χ0n) is 31.0. The van der Waals surface area contributed by atoms with Gasteiger partial charge in [0.05, 0.1) is 11.6 Å². The van der Waals surface area contributed by atoms with Crippen LogP contribution in [0.3, 0.4) is 0 Å². The van der Waals surface area contributed by atoms with E-state index in [4.69, 9.17) is 9.15 Å². The standard InChI is InChI=1S/C53H39NO2/c1-34-31-39(25-29-42(34)37-15-6-3-7-16-37)51-52-44-20-10-11-22-48(44)55-50(52)33-46-45-32-41(28-30-49(45)56-53(46)51)54(47-21-12-18-38-17-8-9-19-43(38)47)40-26-23-36(24-27-40)35-13-4-2-5-14-35/h2-34,42,51,53H,1H3. The van der Waals surface area contributed by atoms with Crippen molar-refractivity contribution >= 4 is 50.5 Å². The molecule has 0 amide bonds. The van der Waals surface area contributed by atoms with E-state index < -0.39 is 0 Å². The maximum absolute atomic E-state index is 7.08. The average molecular weight is 722 g/mol. The lowest BCUT2D eigenvalue weighted by molar-refractivity contribution is 0.254. The van der Waals surface area contributed by atoms with Crippen molar-refractivity contribution in [3.05, 3.63) is 216 Å². The lowest BCUT2D eigenvalue weighted by atomic mass is 9.73. The van der Waals surface area contributed by atoms with Crippen molar-refractivity contribution in [3.8, 4) is 16.9 Å². The van der Waals surface area contributed by atoms with Crippen molar-refractivity contribution in [2.75, 3.05) is 4.90 Å². The normalized spacial score (nSPS) is 19.4. The molecule has 56 heavy (non-hydrogen) atoms. The molecule has 11 rings (SSSR count). The Morgan fingerprint density at radius 1 is 0.607 bits per heavy atom. The minimum atomic E-state index is -0.193. The Kier molecular flexibility index (Phi) is 7.67. The molecule has 268 valence electrons. The second kappa shape index (κ2) is 13.2. The molecule has 7 aromatic carbocycles. The van der Waals surface area contributed by atoms with Crippen LogP contribution >= 0.6 is 0 Å². The predicted molar refractivity (Wildman–Crippen MR) is 231 cm³/mol. The molecule has 2 heterocycles. The Labute approximate surface area is 327 Å². The number of benzene rings is 7. The number of hydrogen-bond acceptors (Lipinski definition) is 3. The Morgan fingerprint density at radius 2 is 1.30 bits per heavy atom. The van der Waals surface area contributed by atoms with Gasteiger partial charge in [0.2, 0.25) is 0 Å². The highest BCUT2D eigenvalue weighted by molar-refractivity contribution is 6.01. The fourth-order valence-electron chi connectivity index (χ4n) is 9.31. The molecule has 2 aliphatic carbocycles. The molecular weight excluding hydrogens is 683 g/mol. The first-order valence-corrected chi connectivity index (χ1v) is 19.6. The van der Waals surface area contributed by atoms with Crippen LogP contribution in [0.1, 0.15) is 41.2 Å². The fraction of sp³-hybridized carbons (Fsp3) is 0.0943. The van der Waals surface area contributed by atoms with Gasteiger partial charge in [-0.1, -0.05) is 153 Å². The molecule has 3 aliphatic rings. The monoisotopic (exact) mass is 721 g/mol. The van der Waals surface area contributed by atoms with Crippen molar-refractivity contribution in [2.45, 2.75) is 24.9 Å². The molecule has 0 spiro atoms. The Balaban J connectivity index is 1.04. The van der Waals surface area contributed by atoms with E-state index in [1.165, 1.54) is 38.6 Å². The molecule has 4 atom stereocenters. The topological polar surface area (TPSA) is 25.6 Å². The largest absolute Gasteiger partial charge is 0.484 e. The number of hydrogen-bond donors (Lipinski definition) is 0. The highest BCUT2D eigenvalue weighted by Gasteiger charge is 2.44. The van der Waals surface area contributed by atoms with Gasteiger partial charge in [-0.3, -0.25) is 0 Å². The summed E-state index contributed by atoms with van der Waals surface area (Å²) in [5, 5.41) is 3.55. The van der Waals surface area contributed by atoms with Crippen molar-refractivity contribution < 1.29 is 9.15 Å². The number of fused-ring (bicyclic) bond motifs is 7. The molecule has 0 saturated carbocycles. The Hall–Kier alpha value is -6.84. The van der Waals surface area contributed by atoms with Gasteiger partial charge in [0.25, 0.3) is 0 Å². The van der Waals surface area contributed by atoms with E-state index in [1.807, 2.05) is 0 Å². The minimum absolute atomic E-state index is 0.0281. The van der Waals surface area contributed by atoms with Gasteiger partial charge in [-0.2, -0.15) is 0 Å². The molecule has 0 bridgehead atoms. The van der Waals surface area contributed by atoms with Crippen molar-refractivity contribution in [2.24, 2.45) is 5.92 Å². The van der Waals surface area contributed by atoms with E-state index in [0.717, 1.165) is 50.7 Å². The molecule has 8 aromatic rings. The van der Waals surface area contributed by atoms with Gasteiger partial charge in [0, 0.05) is 44.8 Å². The van der Waals surface area contributed by atoms with Crippen molar-refractivity contribution in [3.63, 3.8) is 0 Å². The quantitative estimate of drug-likeness (QED) is 0.171. The van der Waals surface area contributed by atoms with Crippen LogP contribution < -0.4 is 9.64 Å². The zero-order valence-corrected chi connectivity index (χ0v) is 31.0. The summed E-state index contributed by atoms with van der Waals surface area (Å²) in [6.07, 6.45) is 9.25. The van der Waals surface area contributed by atoms with E-state index in [-0.39, 0.29) is 12.0 Å². The number of furan rings is 1. The maximum Gasteiger partial charge on any atom is 0.136 e. The van der Waals surface area contributed by atoms with Gasteiger partial charge in [0.15, 0.2) is 0 Å². The molecule has 0 N–H and O–H groups in total. The molecule has 4 unspecified atom stereocenters. The van der Waals surface area contributed by atoms with Crippen LogP contribution in [0.2, 0.25) is 0 Å². The summed E-state index contributed by atoms with van der Waals surface area (Å²) in [5.41, 5.74) is 12.7. The zero-order chi connectivity index (χ0) is 37.2. The first-order valence-electron chi connectivity index (χ1n) is 19.6. The Morgan fingerprint density at radius 3 is 2.12 bits per heavy atom.